The van der Waals surface area contributed by atoms with E-state index >= 15 is 0 Å². The van der Waals surface area contributed by atoms with Crippen LogP contribution in [0.5, 0.6) is 0 Å². The lowest BCUT2D eigenvalue weighted by molar-refractivity contribution is -0.137. The largest absolute Gasteiger partial charge is 0.416 e. The number of nitrogen functional groups attached to an aromatic ring is 1. The van der Waals surface area contributed by atoms with Crippen molar-refractivity contribution in [1.82, 2.24) is 0 Å². The van der Waals surface area contributed by atoms with Gasteiger partial charge in [0.2, 0.25) is 0 Å². The summed E-state index contributed by atoms with van der Waals surface area (Å²) in [6.07, 6.45) is -2.56. The first-order valence-corrected chi connectivity index (χ1v) is 6.21. The molecule has 0 bridgehead atoms. The number of hydrogen-bond acceptors (Lipinski definition) is 3. The van der Waals surface area contributed by atoms with Gasteiger partial charge in [-0.05, 0) is 38.0 Å². The first kappa shape index (κ1) is 14.0. The molecule has 0 spiro atoms. The van der Waals surface area contributed by atoms with E-state index in [1.54, 1.807) is 0 Å². The van der Waals surface area contributed by atoms with E-state index < -0.39 is 11.7 Å². The summed E-state index contributed by atoms with van der Waals surface area (Å²) in [6, 6.07) is 3.58. The molecule has 2 atom stereocenters. The summed E-state index contributed by atoms with van der Waals surface area (Å²) in [7, 11) is 0. The lowest BCUT2D eigenvalue weighted by atomic mass is 10.0. The molecule has 1 heterocycles. The molecule has 2 unspecified atom stereocenters. The Morgan fingerprint density at radius 1 is 1.37 bits per heavy atom. The molecule has 106 valence electrons. The van der Waals surface area contributed by atoms with Crippen molar-refractivity contribution >= 4 is 11.4 Å². The standard InChI is InChI=1S/C13H17F3N2O/c1-8-6-10(4-5-19-8)18-12-3-2-9(7-11(12)17)13(14,15)16/h2-3,7-8,10,18H,4-6,17H2,1H3. The number of ether oxygens (including phenoxy) is 1. The summed E-state index contributed by atoms with van der Waals surface area (Å²) in [5.41, 5.74) is 5.62. The maximum atomic E-state index is 12.5. The number of benzene rings is 1. The topological polar surface area (TPSA) is 47.3 Å². The maximum Gasteiger partial charge on any atom is 0.416 e. The van der Waals surface area contributed by atoms with Crippen molar-refractivity contribution in [1.29, 1.82) is 0 Å². The van der Waals surface area contributed by atoms with Crippen LogP contribution in [0.2, 0.25) is 0 Å². The van der Waals surface area contributed by atoms with Gasteiger partial charge in [-0.15, -0.1) is 0 Å². The normalized spacial score (nSPS) is 24.2. The second-order valence-electron chi connectivity index (χ2n) is 4.85. The number of alkyl halides is 3. The van der Waals surface area contributed by atoms with Crippen molar-refractivity contribution in [3.63, 3.8) is 0 Å². The second-order valence-corrected chi connectivity index (χ2v) is 4.85. The zero-order valence-electron chi connectivity index (χ0n) is 10.6. The van der Waals surface area contributed by atoms with Gasteiger partial charge in [-0.2, -0.15) is 13.2 Å². The Labute approximate surface area is 109 Å². The van der Waals surface area contributed by atoms with Crippen LogP contribution in [0.1, 0.15) is 25.3 Å². The predicted molar refractivity (Wildman–Crippen MR) is 67.9 cm³/mol. The Hall–Kier alpha value is -1.43. The fraction of sp³-hybridized carbons (Fsp3) is 0.538. The molecule has 0 radical (unpaired) electrons. The van der Waals surface area contributed by atoms with E-state index in [1.165, 1.54) is 6.07 Å². The van der Waals surface area contributed by atoms with Gasteiger partial charge in [0, 0.05) is 12.6 Å². The van der Waals surface area contributed by atoms with E-state index in [4.69, 9.17) is 10.5 Å². The van der Waals surface area contributed by atoms with Crippen molar-refractivity contribution in [3.05, 3.63) is 23.8 Å². The maximum absolute atomic E-state index is 12.5. The van der Waals surface area contributed by atoms with Gasteiger partial charge in [0.05, 0.1) is 23.0 Å². The molecule has 1 aliphatic heterocycles. The summed E-state index contributed by atoms with van der Waals surface area (Å²) < 4.78 is 43.0. The van der Waals surface area contributed by atoms with Crippen LogP contribution in [0.15, 0.2) is 18.2 Å². The van der Waals surface area contributed by atoms with Gasteiger partial charge in [0.25, 0.3) is 0 Å². The third kappa shape index (κ3) is 3.53. The minimum absolute atomic E-state index is 0.119. The first-order chi connectivity index (χ1) is 8.86. The first-order valence-electron chi connectivity index (χ1n) is 6.21. The smallest absolute Gasteiger partial charge is 0.397 e. The van der Waals surface area contributed by atoms with Crippen LogP contribution < -0.4 is 11.1 Å². The molecule has 1 aromatic rings. The molecule has 1 fully saturated rings. The van der Waals surface area contributed by atoms with E-state index in [-0.39, 0.29) is 17.8 Å². The highest BCUT2D eigenvalue weighted by Crippen LogP contribution is 2.33. The molecule has 0 aliphatic carbocycles. The Morgan fingerprint density at radius 3 is 2.68 bits per heavy atom. The Bertz CT molecular complexity index is 448. The summed E-state index contributed by atoms with van der Waals surface area (Å²) in [4.78, 5) is 0. The van der Waals surface area contributed by atoms with Gasteiger partial charge in [-0.1, -0.05) is 0 Å². The van der Waals surface area contributed by atoms with E-state index in [2.05, 4.69) is 5.32 Å². The third-order valence-electron chi connectivity index (χ3n) is 3.22. The van der Waals surface area contributed by atoms with Gasteiger partial charge in [0.15, 0.2) is 0 Å². The summed E-state index contributed by atoms with van der Waals surface area (Å²) in [5, 5.41) is 3.19. The van der Waals surface area contributed by atoms with Gasteiger partial charge in [-0.3, -0.25) is 0 Å². The number of halogens is 3. The minimum Gasteiger partial charge on any atom is -0.397 e. The zero-order valence-corrected chi connectivity index (χ0v) is 10.6. The average Bonchev–Trinajstić information content (AvgIpc) is 2.30. The zero-order chi connectivity index (χ0) is 14.0. The number of rotatable bonds is 2. The SMILES string of the molecule is CC1CC(Nc2ccc(C(F)(F)F)cc2N)CCO1. The molecule has 6 heteroatoms. The van der Waals surface area contributed by atoms with E-state index in [0.29, 0.717) is 12.3 Å². The minimum atomic E-state index is -4.36. The van der Waals surface area contributed by atoms with E-state index in [1.807, 2.05) is 6.92 Å². The second kappa shape index (κ2) is 5.28. The van der Waals surface area contributed by atoms with E-state index in [9.17, 15) is 13.2 Å². The van der Waals surface area contributed by atoms with Crippen LogP contribution in [0.4, 0.5) is 24.5 Å². The number of anilines is 2. The lowest BCUT2D eigenvalue weighted by Crippen LogP contribution is -2.32. The number of hydrogen-bond donors (Lipinski definition) is 2. The highest BCUT2D eigenvalue weighted by molar-refractivity contribution is 5.67. The summed E-state index contributed by atoms with van der Waals surface area (Å²) in [5.74, 6) is 0. The quantitative estimate of drug-likeness (QED) is 0.814. The van der Waals surface area contributed by atoms with Crippen LogP contribution in [0.25, 0.3) is 0 Å². The van der Waals surface area contributed by atoms with Gasteiger partial charge in [0.1, 0.15) is 0 Å². The Morgan fingerprint density at radius 2 is 2.11 bits per heavy atom. The highest BCUT2D eigenvalue weighted by Gasteiger charge is 2.31. The number of nitrogens with one attached hydrogen (secondary N) is 1. The monoisotopic (exact) mass is 274 g/mol. The summed E-state index contributed by atoms with van der Waals surface area (Å²) in [6.45, 7) is 2.63. The third-order valence-corrected chi connectivity index (χ3v) is 3.22. The van der Waals surface area contributed by atoms with Gasteiger partial charge in [-0.25, -0.2) is 0 Å². The highest BCUT2D eigenvalue weighted by atomic mass is 19.4. The molecule has 2 rings (SSSR count). The molecule has 0 amide bonds. The van der Waals surface area contributed by atoms with Crippen molar-refractivity contribution < 1.29 is 17.9 Å². The van der Waals surface area contributed by atoms with E-state index in [0.717, 1.165) is 25.0 Å². The molecule has 0 saturated carbocycles. The van der Waals surface area contributed by atoms with Crippen LogP contribution in [0.3, 0.4) is 0 Å². The molecule has 1 aliphatic rings. The molecule has 19 heavy (non-hydrogen) atoms. The Kier molecular flexibility index (Phi) is 3.89. The fourth-order valence-electron chi connectivity index (χ4n) is 2.22. The molecule has 3 N–H and O–H groups in total. The van der Waals surface area contributed by atoms with Crippen LogP contribution in [-0.2, 0) is 10.9 Å². The average molecular weight is 274 g/mol. The van der Waals surface area contributed by atoms with Crippen molar-refractivity contribution in [2.75, 3.05) is 17.7 Å². The molecule has 1 saturated heterocycles. The van der Waals surface area contributed by atoms with Crippen molar-refractivity contribution in [2.45, 2.75) is 38.1 Å². The van der Waals surface area contributed by atoms with Crippen LogP contribution in [-0.4, -0.2) is 18.8 Å². The van der Waals surface area contributed by atoms with Crippen molar-refractivity contribution in [3.8, 4) is 0 Å². The molecule has 1 aromatic carbocycles. The molecule has 0 aromatic heterocycles. The fourth-order valence-corrected chi connectivity index (χ4v) is 2.22. The molecule has 3 nitrogen and oxygen atoms in total. The van der Waals surface area contributed by atoms with Crippen molar-refractivity contribution in [2.24, 2.45) is 0 Å². The van der Waals surface area contributed by atoms with Gasteiger partial charge < -0.3 is 15.8 Å². The summed E-state index contributed by atoms with van der Waals surface area (Å²) >= 11 is 0. The Balaban J connectivity index is 2.09. The van der Waals surface area contributed by atoms with Gasteiger partial charge >= 0.3 is 6.18 Å². The van der Waals surface area contributed by atoms with Crippen LogP contribution >= 0.6 is 0 Å². The molecular weight excluding hydrogens is 257 g/mol. The lowest BCUT2D eigenvalue weighted by Gasteiger charge is -2.29. The van der Waals surface area contributed by atoms with Crippen LogP contribution in [0, 0.1) is 0 Å². The predicted octanol–water partition coefficient (Wildman–Crippen LogP) is 3.27. The molecular formula is C13H17F3N2O. The number of nitrogens with two attached hydrogens (primary N) is 1.